The predicted molar refractivity (Wildman–Crippen MR) is 70.0 cm³/mol. The molecule has 0 radical (unpaired) electrons. The summed E-state index contributed by atoms with van der Waals surface area (Å²) in [5.41, 5.74) is -0.0681. The van der Waals surface area contributed by atoms with Gasteiger partial charge in [0.1, 0.15) is 6.26 Å². The number of nitrogens with one attached hydrogen (secondary N) is 1. The Bertz CT molecular complexity index is 553. The third-order valence-electron chi connectivity index (χ3n) is 3.06. The molecule has 1 aliphatic rings. The topological polar surface area (TPSA) is 109 Å². The van der Waals surface area contributed by atoms with Crippen LogP contribution in [0.2, 0.25) is 0 Å². The van der Waals surface area contributed by atoms with Gasteiger partial charge < -0.3 is 24.5 Å². The standard InChI is InChI=1S/C13H16N2O6/c1-8(16)14-5-10-6-15(2-3-20-10)12(17)11-4-9(7-21-11)13(18)19/h4,7,10H,2-3,5-6H2,1H3,(H,14,16)(H,18,19). The molecule has 2 N–H and O–H groups in total. The zero-order valence-corrected chi connectivity index (χ0v) is 11.5. The third-order valence-corrected chi connectivity index (χ3v) is 3.06. The molecule has 21 heavy (non-hydrogen) atoms. The fourth-order valence-corrected chi connectivity index (χ4v) is 2.00. The normalized spacial score (nSPS) is 18.3. The minimum absolute atomic E-state index is 0.0208. The van der Waals surface area contributed by atoms with E-state index in [9.17, 15) is 14.4 Å². The number of amides is 2. The van der Waals surface area contributed by atoms with Crippen LogP contribution in [-0.4, -0.2) is 60.1 Å². The first-order valence-corrected chi connectivity index (χ1v) is 6.44. The Morgan fingerprint density at radius 1 is 1.48 bits per heavy atom. The van der Waals surface area contributed by atoms with Crippen LogP contribution in [0.15, 0.2) is 16.7 Å². The van der Waals surface area contributed by atoms with E-state index >= 15 is 0 Å². The summed E-state index contributed by atoms with van der Waals surface area (Å²) in [5.74, 6) is -1.73. The van der Waals surface area contributed by atoms with Crippen LogP contribution in [0, 0.1) is 0 Å². The number of rotatable bonds is 4. The van der Waals surface area contributed by atoms with E-state index in [-0.39, 0.29) is 23.3 Å². The van der Waals surface area contributed by atoms with Crippen molar-refractivity contribution >= 4 is 17.8 Å². The molecule has 0 bridgehead atoms. The van der Waals surface area contributed by atoms with Crippen molar-refractivity contribution in [3.8, 4) is 0 Å². The van der Waals surface area contributed by atoms with Gasteiger partial charge in [0, 0.05) is 32.6 Å². The molecular weight excluding hydrogens is 280 g/mol. The molecule has 114 valence electrons. The number of carboxylic acid groups (broad SMARTS) is 1. The Hall–Kier alpha value is -2.35. The smallest absolute Gasteiger partial charge is 0.338 e. The number of nitrogens with zero attached hydrogens (tertiary/aromatic N) is 1. The number of hydrogen-bond donors (Lipinski definition) is 2. The van der Waals surface area contributed by atoms with Crippen LogP contribution in [0.1, 0.15) is 27.8 Å². The van der Waals surface area contributed by atoms with Crippen LogP contribution in [0.5, 0.6) is 0 Å². The van der Waals surface area contributed by atoms with Gasteiger partial charge in [-0.2, -0.15) is 0 Å². The van der Waals surface area contributed by atoms with Crippen LogP contribution in [0.4, 0.5) is 0 Å². The molecule has 1 saturated heterocycles. The maximum atomic E-state index is 12.2. The maximum absolute atomic E-state index is 12.2. The zero-order valence-electron chi connectivity index (χ0n) is 11.5. The van der Waals surface area contributed by atoms with Crippen LogP contribution in [0.25, 0.3) is 0 Å². The van der Waals surface area contributed by atoms with E-state index in [2.05, 4.69) is 5.32 Å². The van der Waals surface area contributed by atoms with Crippen molar-refractivity contribution in [1.82, 2.24) is 10.2 Å². The molecule has 2 rings (SSSR count). The number of hydrogen-bond acceptors (Lipinski definition) is 5. The Morgan fingerprint density at radius 2 is 2.24 bits per heavy atom. The second kappa shape index (κ2) is 6.40. The number of aromatic carboxylic acids is 1. The van der Waals surface area contributed by atoms with Crippen molar-refractivity contribution in [2.24, 2.45) is 0 Å². The summed E-state index contributed by atoms with van der Waals surface area (Å²) in [7, 11) is 0. The Morgan fingerprint density at radius 3 is 2.86 bits per heavy atom. The number of carboxylic acids is 1. The summed E-state index contributed by atoms with van der Waals surface area (Å²) in [6.45, 7) is 2.77. The molecule has 1 atom stereocenters. The van der Waals surface area contributed by atoms with Crippen LogP contribution < -0.4 is 5.32 Å². The quantitative estimate of drug-likeness (QED) is 0.806. The van der Waals surface area contributed by atoms with Gasteiger partial charge in [-0.3, -0.25) is 9.59 Å². The van der Waals surface area contributed by atoms with Crippen molar-refractivity contribution in [2.45, 2.75) is 13.0 Å². The minimum Gasteiger partial charge on any atom is -0.478 e. The highest BCUT2D eigenvalue weighted by atomic mass is 16.5. The van der Waals surface area contributed by atoms with E-state index in [4.69, 9.17) is 14.3 Å². The predicted octanol–water partition coefficient (Wildman–Crippen LogP) is -0.0451. The van der Waals surface area contributed by atoms with E-state index in [1.807, 2.05) is 0 Å². The average Bonchev–Trinajstić information content (AvgIpc) is 2.94. The highest BCUT2D eigenvalue weighted by Crippen LogP contribution is 2.13. The Kier molecular flexibility index (Phi) is 4.59. The third kappa shape index (κ3) is 3.82. The van der Waals surface area contributed by atoms with Crippen molar-refractivity contribution in [2.75, 3.05) is 26.2 Å². The minimum atomic E-state index is -1.15. The number of ether oxygens (including phenoxy) is 1. The highest BCUT2D eigenvalue weighted by molar-refractivity contribution is 5.95. The first-order chi connectivity index (χ1) is 9.97. The SMILES string of the molecule is CC(=O)NCC1CN(C(=O)c2cc(C(=O)O)co2)CCO1. The molecule has 8 nitrogen and oxygen atoms in total. The van der Waals surface area contributed by atoms with Crippen LogP contribution in [-0.2, 0) is 9.53 Å². The van der Waals surface area contributed by atoms with Gasteiger partial charge in [0.2, 0.25) is 5.91 Å². The second-order valence-corrected chi connectivity index (χ2v) is 4.69. The molecule has 0 saturated carbocycles. The van der Waals surface area contributed by atoms with Gasteiger partial charge in [-0.15, -0.1) is 0 Å². The largest absolute Gasteiger partial charge is 0.478 e. The molecule has 0 spiro atoms. The van der Waals surface area contributed by atoms with Crippen molar-refractivity contribution in [1.29, 1.82) is 0 Å². The van der Waals surface area contributed by atoms with Gasteiger partial charge >= 0.3 is 5.97 Å². The van der Waals surface area contributed by atoms with Crippen molar-refractivity contribution < 1.29 is 28.6 Å². The van der Waals surface area contributed by atoms with E-state index in [1.54, 1.807) is 0 Å². The second-order valence-electron chi connectivity index (χ2n) is 4.69. The summed E-state index contributed by atoms with van der Waals surface area (Å²) in [5, 5.41) is 11.4. The lowest BCUT2D eigenvalue weighted by atomic mass is 10.2. The fourth-order valence-electron chi connectivity index (χ4n) is 2.00. The summed E-state index contributed by atoms with van der Waals surface area (Å²) < 4.78 is 10.4. The number of furan rings is 1. The molecule has 2 heterocycles. The van der Waals surface area contributed by atoms with Gasteiger partial charge in [0.25, 0.3) is 5.91 Å². The van der Waals surface area contributed by atoms with Gasteiger partial charge in [-0.25, -0.2) is 4.79 Å². The number of carbonyl (C=O) groups excluding carboxylic acids is 2. The number of carbonyl (C=O) groups is 3. The molecular formula is C13H16N2O6. The number of morpholine rings is 1. The monoisotopic (exact) mass is 296 g/mol. The molecule has 0 aromatic carbocycles. The Labute approximate surface area is 120 Å². The molecule has 2 amide bonds. The van der Waals surface area contributed by atoms with Crippen molar-refractivity contribution in [3.63, 3.8) is 0 Å². The van der Waals surface area contributed by atoms with Gasteiger partial charge in [-0.05, 0) is 0 Å². The summed E-state index contributed by atoms with van der Waals surface area (Å²) in [6.07, 6.45) is 0.741. The molecule has 8 heteroatoms. The molecule has 1 aliphatic heterocycles. The highest BCUT2D eigenvalue weighted by Gasteiger charge is 2.27. The summed E-state index contributed by atoms with van der Waals surface area (Å²) in [4.78, 5) is 35.4. The molecule has 1 aromatic rings. The molecule has 1 unspecified atom stereocenters. The Balaban J connectivity index is 1.97. The van der Waals surface area contributed by atoms with Crippen molar-refractivity contribution in [3.05, 3.63) is 23.7 Å². The maximum Gasteiger partial charge on any atom is 0.338 e. The summed E-state index contributed by atoms with van der Waals surface area (Å²) >= 11 is 0. The van der Waals surface area contributed by atoms with E-state index in [1.165, 1.54) is 17.9 Å². The lowest BCUT2D eigenvalue weighted by molar-refractivity contribution is -0.120. The van der Waals surface area contributed by atoms with Gasteiger partial charge in [0.05, 0.1) is 18.3 Å². The lowest BCUT2D eigenvalue weighted by Crippen LogP contribution is -2.49. The lowest BCUT2D eigenvalue weighted by Gasteiger charge is -2.32. The average molecular weight is 296 g/mol. The van der Waals surface area contributed by atoms with E-state index < -0.39 is 11.9 Å². The first kappa shape index (κ1) is 15.0. The first-order valence-electron chi connectivity index (χ1n) is 6.44. The molecule has 0 aliphatic carbocycles. The molecule has 1 fully saturated rings. The summed E-state index contributed by atoms with van der Waals surface area (Å²) in [6, 6.07) is 1.20. The van der Waals surface area contributed by atoms with E-state index in [0.717, 1.165) is 6.26 Å². The molecule has 1 aromatic heterocycles. The van der Waals surface area contributed by atoms with Crippen LogP contribution in [0.3, 0.4) is 0 Å². The van der Waals surface area contributed by atoms with Gasteiger partial charge in [-0.1, -0.05) is 0 Å². The fraction of sp³-hybridized carbons (Fsp3) is 0.462. The van der Waals surface area contributed by atoms with Crippen LogP contribution >= 0.6 is 0 Å². The van der Waals surface area contributed by atoms with E-state index in [0.29, 0.717) is 26.2 Å². The van der Waals surface area contributed by atoms with Gasteiger partial charge in [0.15, 0.2) is 5.76 Å². The zero-order chi connectivity index (χ0) is 15.4.